The van der Waals surface area contributed by atoms with Gasteiger partial charge < -0.3 is 10.6 Å². The standard InChI is InChI=1S/C12H16ClN3O/c1-12(6-2-3-8-15-12)11(17)16-9-5-4-7-14-10(9)13/h4-5,7,15H,2-3,6,8H2,1H3,(H,16,17). The topological polar surface area (TPSA) is 54.0 Å². The zero-order valence-electron chi connectivity index (χ0n) is 9.79. The lowest BCUT2D eigenvalue weighted by Gasteiger charge is -2.33. The van der Waals surface area contributed by atoms with Crippen LogP contribution in [0.25, 0.3) is 0 Å². The van der Waals surface area contributed by atoms with Gasteiger partial charge in [0.15, 0.2) is 5.15 Å². The van der Waals surface area contributed by atoms with Crippen LogP contribution in [-0.2, 0) is 4.79 Å². The maximum absolute atomic E-state index is 12.2. The van der Waals surface area contributed by atoms with Crippen molar-refractivity contribution in [2.24, 2.45) is 0 Å². The van der Waals surface area contributed by atoms with Gasteiger partial charge >= 0.3 is 0 Å². The lowest BCUT2D eigenvalue weighted by atomic mass is 9.90. The van der Waals surface area contributed by atoms with E-state index in [9.17, 15) is 4.79 Å². The van der Waals surface area contributed by atoms with Crippen LogP contribution >= 0.6 is 11.6 Å². The molecule has 0 radical (unpaired) electrons. The minimum absolute atomic E-state index is 0.0490. The van der Waals surface area contributed by atoms with Crippen molar-refractivity contribution in [2.75, 3.05) is 11.9 Å². The van der Waals surface area contributed by atoms with Gasteiger partial charge in [-0.1, -0.05) is 11.6 Å². The summed E-state index contributed by atoms with van der Waals surface area (Å²) in [6.45, 7) is 2.80. The van der Waals surface area contributed by atoms with E-state index < -0.39 is 5.54 Å². The molecule has 2 heterocycles. The zero-order valence-corrected chi connectivity index (χ0v) is 10.5. The van der Waals surface area contributed by atoms with Crippen LogP contribution in [-0.4, -0.2) is 23.0 Å². The van der Waals surface area contributed by atoms with E-state index in [1.807, 2.05) is 6.92 Å². The fraction of sp³-hybridized carbons (Fsp3) is 0.500. The SMILES string of the molecule is CC1(C(=O)Nc2cccnc2Cl)CCCCN1. The molecule has 2 N–H and O–H groups in total. The van der Waals surface area contributed by atoms with Gasteiger partial charge in [-0.25, -0.2) is 4.98 Å². The lowest BCUT2D eigenvalue weighted by molar-refractivity contribution is -0.122. The highest BCUT2D eigenvalue weighted by atomic mass is 35.5. The quantitative estimate of drug-likeness (QED) is 0.795. The first-order chi connectivity index (χ1) is 8.12. The third-order valence-corrected chi connectivity index (χ3v) is 3.43. The molecule has 0 aromatic carbocycles. The molecule has 1 aliphatic heterocycles. The molecule has 1 unspecified atom stereocenters. The number of pyridine rings is 1. The number of hydrogen-bond acceptors (Lipinski definition) is 3. The molecule has 1 aliphatic rings. The molecule has 0 aliphatic carbocycles. The van der Waals surface area contributed by atoms with Crippen molar-refractivity contribution in [3.8, 4) is 0 Å². The van der Waals surface area contributed by atoms with Crippen molar-refractivity contribution in [3.05, 3.63) is 23.5 Å². The molecule has 0 spiro atoms. The van der Waals surface area contributed by atoms with Crippen molar-refractivity contribution in [1.82, 2.24) is 10.3 Å². The summed E-state index contributed by atoms with van der Waals surface area (Å²) < 4.78 is 0. The van der Waals surface area contributed by atoms with Gasteiger partial charge in [-0.2, -0.15) is 0 Å². The predicted molar refractivity (Wildman–Crippen MR) is 68.1 cm³/mol. The van der Waals surface area contributed by atoms with Crippen molar-refractivity contribution < 1.29 is 4.79 Å². The Labute approximate surface area is 106 Å². The monoisotopic (exact) mass is 253 g/mol. The van der Waals surface area contributed by atoms with Crippen LogP contribution in [0.1, 0.15) is 26.2 Å². The summed E-state index contributed by atoms with van der Waals surface area (Å²) in [6.07, 6.45) is 4.63. The summed E-state index contributed by atoms with van der Waals surface area (Å²) in [7, 11) is 0. The highest BCUT2D eigenvalue weighted by Crippen LogP contribution is 2.23. The highest BCUT2D eigenvalue weighted by molar-refractivity contribution is 6.32. The summed E-state index contributed by atoms with van der Waals surface area (Å²) in [5.74, 6) is -0.0490. The van der Waals surface area contributed by atoms with E-state index in [0.717, 1.165) is 25.8 Å². The second kappa shape index (κ2) is 5.02. The number of carbonyl (C=O) groups is 1. The molecular formula is C12H16ClN3O. The Balaban J connectivity index is 2.08. The van der Waals surface area contributed by atoms with E-state index >= 15 is 0 Å². The number of aromatic nitrogens is 1. The number of rotatable bonds is 2. The van der Waals surface area contributed by atoms with Crippen LogP contribution in [0.4, 0.5) is 5.69 Å². The maximum Gasteiger partial charge on any atom is 0.244 e. The Morgan fingerprint density at radius 1 is 1.59 bits per heavy atom. The summed E-state index contributed by atoms with van der Waals surface area (Å²) in [5.41, 5.74) is 0.0602. The van der Waals surface area contributed by atoms with Gasteiger partial charge in [0.25, 0.3) is 0 Å². The van der Waals surface area contributed by atoms with Crippen molar-refractivity contribution in [2.45, 2.75) is 31.7 Å². The number of hydrogen-bond donors (Lipinski definition) is 2. The van der Waals surface area contributed by atoms with E-state index in [-0.39, 0.29) is 5.91 Å². The maximum atomic E-state index is 12.2. The molecule has 1 fully saturated rings. The normalized spacial score (nSPS) is 24.4. The molecule has 1 aromatic heterocycles. The Morgan fingerprint density at radius 2 is 2.41 bits per heavy atom. The van der Waals surface area contributed by atoms with Crippen LogP contribution < -0.4 is 10.6 Å². The number of anilines is 1. The molecule has 1 atom stereocenters. The molecular weight excluding hydrogens is 238 g/mol. The number of nitrogens with zero attached hydrogens (tertiary/aromatic N) is 1. The molecule has 4 nitrogen and oxygen atoms in total. The van der Waals surface area contributed by atoms with Gasteiger partial charge in [-0.05, 0) is 44.9 Å². The summed E-state index contributed by atoms with van der Waals surface area (Å²) in [6, 6.07) is 3.50. The first-order valence-electron chi connectivity index (χ1n) is 5.79. The van der Waals surface area contributed by atoms with Crippen LogP contribution in [0.5, 0.6) is 0 Å². The van der Waals surface area contributed by atoms with Crippen LogP contribution in [0.15, 0.2) is 18.3 Å². The summed E-state index contributed by atoms with van der Waals surface area (Å²) in [4.78, 5) is 16.1. The van der Waals surface area contributed by atoms with Gasteiger partial charge in [0.2, 0.25) is 5.91 Å². The first-order valence-corrected chi connectivity index (χ1v) is 6.17. The molecule has 5 heteroatoms. The summed E-state index contributed by atoms with van der Waals surface area (Å²) in [5, 5.41) is 6.40. The average molecular weight is 254 g/mol. The molecule has 1 aromatic rings. The average Bonchev–Trinajstić information content (AvgIpc) is 2.33. The number of halogens is 1. The molecule has 0 saturated carbocycles. The molecule has 1 amide bonds. The van der Waals surface area contributed by atoms with Gasteiger partial charge in [-0.3, -0.25) is 4.79 Å². The Hall–Kier alpha value is -1.13. The van der Waals surface area contributed by atoms with E-state index in [1.54, 1.807) is 18.3 Å². The van der Waals surface area contributed by atoms with Crippen molar-refractivity contribution in [3.63, 3.8) is 0 Å². The Morgan fingerprint density at radius 3 is 3.06 bits per heavy atom. The van der Waals surface area contributed by atoms with Crippen molar-refractivity contribution >= 4 is 23.2 Å². The second-order valence-corrected chi connectivity index (χ2v) is 4.87. The number of amides is 1. The molecule has 0 bridgehead atoms. The van der Waals surface area contributed by atoms with E-state index in [0.29, 0.717) is 10.8 Å². The fourth-order valence-corrected chi connectivity index (χ4v) is 2.16. The largest absolute Gasteiger partial charge is 0.322 e. The van der Waals surface area contributed by atoms with Gasteiger partial charge in [0.1, 0.15) is 0 Å². The molecule has 92 valence electrons. The molecule has 2 rings (SSSR count). The van der Waals surface area contributed by atoms with E-state index in [4.69, 9.17) is 11.6 Å². The third kappa shape index (κ3) is 2.76. The number of piperidine rings is 1. The van der Waals surface area contributed by atoms with Gasteiger partial charge in [0.05, 0.1) is 11.2 Å². The second-order valence-electron chi connectivity index (χ2n) is 4.51. The molecule has 17 heavy (non-hydrogen) atoms. The third-order valence-electron chi connectivity index (χ3n) is 3.13. The molecule has 1 saturated heterocycles. The van der Waals surface area contributed by atoms with E-state index in [1.165, 1.54) is 0 Å². The summed E-state index contributed by atoms with van der Waals surface area (Å²) >= 11 is 5.91. The fourth-order valence-electron chi connectivity index (χ4n) is 1.99. The van der Waals surface area contributed by atoms with Crippen LogP contribution in [0, 0.1) is 0 Å². The minimum atomic E-state index is -0.503. The first kappa shape index (κ1) is 12.3. The van der Waals surface area contributed by atoms with Crippen LogP contribution in [0.2, 0.25) is 5.15 Å². The number of nitrogens with one attached hydrogen (secondary N) is 2. The Kier molecular flexibility index (Phi) is 3.64. The van der Waals surface area contributed by atoms with Crippen molar-refractivity contribution in [1.29, 1.82) is 0 Å². The van der Waals surface area contributed by atoms with Gasteiger partial charge in [-0.15, -0.1) is 0 Å². The predicted octanol–water partition coefficient (Wildman–Crippen LogP) is 2.21. The van der Waals surface area contributed by atoms with Gasteiger partial charge in [0, 0.05) is 6.20 Å². The Bertz CT molecular complexity index is 416. The lowest BCUT2D eigenvalue weighted by Crippen LogP contribution is -2.54. The van der Waals surface area contributed by atoms with Crippen LogP contribution in [0.3, 0.4) is 0 Å². The zero-order chi connectivity index (χ0) is 12.3. The smallest absolute Gasteiger partial charge is 0.244 e. The highest BCUT2D eigenvalue weighted by Gasteiger charge is 2.34. The van der Waals surface area contributed by atoms with E-state index in [2.05, 4.69) is 15.6 Å². The minimum Gasteiger partial charge on any atom is -0.322 e. The number of carbonyl (C=O) groups excluding carboxylic acids is 1.